The molecule has 0 fully saturated rings. The van der Waals surface area contributed by atoms with Crippen molar-refractivity contribution in [1.82, 2.24) is 0 Å². The molecule has 0 aliphatic carbocycles. The molecule has 0 spiro atoms. The molecule has 3 nitrogen and oxygen atoms in total. The van der Waals surface area contributed by atoms with Crippen LogP contribution >= 0.6 is 0 Å². The third-order valence-electron chi connectivity index (χ3n) is 0.813. The predicted octanol–water partition coefficient (Wildman–Crippen LogP) is -0.0629. The number of hydrogen-bond acceptors (Lipinski definition) is 3. The molecular weight excluding hydrogens is 156 g/mol. The molecule has 0 amide bonds. The van der Waals surface area contributed by atoms with Crippen LogP contribution in [-0.2, 0) is 9.53 Å². The van der Waals surface area contributed by atoms with Crippen LogP contribution in [0.1, 0.15) is 13.8 Å². The predicted molar refractivity (Wildman–Crippen MR) is 43.9 cm³/mol. The number of esters is 1. The monoisotopic (exact) mass is 166 g/mol. The zero-order valence-corrected chi connectivity index (χ0v) is 7.05. The van der Waals surface area contributed by atoms with E-state index in [1.165, 1.54) is 6.92 Å². The molecule has 0 aliphatic heterocycles. The first-order valence-electron chi connectivity index (χ1n) is 3.42. The Morgan fingerprint density at radius 2 is 2.33 bits per heavy atom. The van der Waals surface area contributed by atoms with E-state index in [9.17, 15) is 4.79 Å². The molecule has 0 bridgehead atoms. The Morgan fingerprint density at radius 1 is 1.67 bits per heavy atom. The Kier molecular flexibility index (Phi) is 5.51. The highest BCUT2D eigenvalue weighted by Crippen LogP contribution is 1.76. The van der Waals surface area contributed by atoms with Crippen molar-refractivity contribution in [2.45, 2.75) is 20.0 Å². The third-order valence-corrected chi connectivity index (χ3v) is 0.813. The molecule has 64 valence electrons. The molecule has 0 saturated carbocycles. The molecule has 0 aromatic heterocycles. The lowest BCUT2D eigenvalue weighted by molar-refractivity contribution is -0.135. The Bertz CT molecular complexity index is 257. The van der Waals surface area contributed by atoms with Crippen LogP contribution in [0, 0.1) is 23.7 Å². The van der Waals surface area contributed by atoms with Crippen molar-refractivity contribution in [1.29, 1.82) is 0 Å². The van der Waals surface area contributed by atoms with Gasteiger partial charge in [0.15, 0.2) is 6.61 Å². The molecule has 3 heteroatoms. The molecule has 0 aromatic carbocycles. The summed E-state index contributed by atoms with van der Waals surface area (Å²) in [5.41, 5.74) is 0. The maximum Gasteiger partial charge on any atom is 0.385 e. The molecule has 1 unspecified atom stereocenters. The van der Waals surface area contributed by atoms with Gasteiger partial charge in [-0.1, -0.05) is 17.8 Å². The van der Waals surface area contributed by atoms with E-state index in [2.05, 4.69) is 28.4 Å². The highest BCUT2D eigenvalue weighted by atomic mass is 16.5. The summed E-state index contributed by atoms with van der Waals surface area (Å²) >= 11 is 0. The minimum Gasteiger partial charge on any atom is -0.443 e. The summed E-state index contributed by atoms with van der Waals surface area (Å²) in [4.78, 5) is 10.6. The maximum atomic E-state index is 10.6. The van der Waals surface area contributed by atoms with Crippen molar-refractivity contribution in [3.63, 3.8) is 0 Å². The lowest BCUT2D eigenvalue weighted by atomic mass is 10.4. The molecule has 0 radical (unpaired) electrons. The van der Waals surface area contributed by atoms with Crippen molar-refractivity contribution in [3.8, 4) is 23.7 Å². The van der Waals surface area contributed by atoms with Crippen LogP contribution in [0.2, 0.25) is 0 Å². The fraction of sp³-hybridized carbons (Fsp3) is 0.444. The summed E-state index contributed by atoms with van der Waals surface area (Å²) in [6, 6.07) is 0. The Morgan fingerprint density at radius 3 is 2.83 bits per heavy atom. The van der Waals surface area contributed by atoms with Crippen molar-refractivity contribution >= 4 is 5.97 Å². The Hall–Kier alpha value is -1.45. The summed E-state index contributed by atoms with van der Waals surface area (Å²) < 4.78 is 4.54. The molecule has 0 aromatic rings. The van der Waals surface area contributed by atoms with E-state index in [-0.39, 0.29) is 6.61 Å². The molecule has 1 N–H and O–H groups in total. The first kappa shape index (κ1) is 10.6. The van der Waals surface area contributed by atoms with Crippen molar-refractivity contribution in [3.05, 3.63) is 0 Å². The molecule has 0 rings (SSSR count). The summed E-state index contributed by atoms with van der Waals surface area (Å²) in [6.07, 6.45) is -0.694. The van der Waals surface area contributed by atoms with Crippen LogP contribution in [0.3, 0.4) is 0 Å². The minimum atomic E-state index is -0.694. The van der Waals surface area contributed by atoms with E-state index in [0.29, 0.717) is 0 Å². The first-order valence-corrected chi connectivity index (χ1v) is 3.42. The summed E-state index contributed by atoms with van der Waals surface area (Å²) in [7, 11) is 0. The van der Waals surface area contributed by atoms with Crippen molar-refractivity contribution < 1.29 is 14.6 Å². The second kappa shape index (κ2) is 6.27. The molecule has 1 atom stereocenters. The average molecular weight is 166 g/mol. The third kappa shape index (κ3) is 6.67. The van der Waals surface area contributed by atoms with Gasteiger partial charge in [-0.3, -0.25) is 0 Å². The number of aliphatic hydroxyl groups excluding tert-OH is 1. The van der Waals surface area contributed by atoms with Gasteiger partial charge in [0.25, 0.3) is 0 Å². The summed E-state index contributed by atoms with van der Waals surface area (Å²) in [5.74, 6) is 8.87. The van der Waals surface area contributed by atoms with Gasteiger partial charge in [0, 0.05) is 5.92 Å². The summed E-state index contributed by atoms with van der Waals surface area (Å²) in [6.45, 7) is 3.04. The van der Waals surface area contributed by atoms with Gasteiger partial charge in [0.2, 0.25) is 0 Å². The minimum absolute atomic E-state index is 0.0294. The SMILES string of the molecule is CC#CC(=O)OCC#CC(C)O. The molecule has 0 heterocycles. The topological polar surface area (TPSA) is 46.5 Å². The highest BCUT2D eigenvalue weighted by molar-refractivity contribution is 5.88. The fourth-order valence-electron chi connectivity index (χ4n) is 0.429. The zero-order chi connectivity index (χ0) is 9.40. The quantitative estimate of drug-likeness (QED) is 0.337. The standard InChI is InChI=1S/C9H10O3/c1-3-5-9(11)12-7-4-6-8(2)10/h8,10H,7H2,1-2H3. The zero-order valence-electron chi connectivity index (χ0n) is 7.05. The van der Waals surface area contributed by atoms with E-state index in [0.717, 1.165) is 0 Å². The molecule has 0 aliphatic rings. The van der Waals surface area contributed by atoms with E-state index < -0.39 is 12.1 Å². The number of hydrogen-bond donors (Lipinski definition) is 1. The first-order chi connectivity index (χ1) is 5.66. The van der Waals surface area contributed by atoms with Crippen molar-refractivity contribution in [2.75, 3.05) is 6.61 Å². The Labute approximate surface area is 71.7 Å². The lowest BCUT2D eigenvalue weighted by Gasteiger charge is -1.91. The van der Waals surface area contributed by atoms with Gasteiger partial charge in [-0.15, -0.1) is 0 Å². The van der Waals surface area contributed by atoms with Gasteiger partial charge in [-0.2, -0.15) is 0 Å². The fourth-order valence-corrected chi connectivity index (χ4v) is 0.429. The Balaban J connectivity index is 3.63. The highest BCUT2D eigenvalue weighted by Gasteiger charge is 1.91. The van der Waals surface area contributed by atoms with Gasteiger partial charge in [0.1, 0.15) is 6.10 Å². The van der Waals surface area contributed by atoms with Crippen molar-refractivity contribution in [2.24, 2.45) is 0 Å². The van der Waals surface area contributed by atoms with E-state index in [1.54, 1.807) is 6.92 Å². The van der Waals surface area contributed by atoms with Crippen LogP contribution in [0.5, 0.6) is 0 Å². The number of carbonyl (C=O) groups is 1. The van der Waals surface area contributed by atoms with Gasteiger partial charge in [-0.25, -0.2) is 4.79 Å². The van der Waals surface area contributed by atoms with E-state index in [4.69, 9.17) is 5.11 Å². The number of ether oxygens (including phenoxy) is 1. The second-order valence-corrected chi connectivity index (χ2v) is 1.95. The average Bonchev–Trinajstić information content (AvgIpc) is 1.98. The largest absolute Gasteiger partial charge is 0.443 e. The second-order valence-electron chi connectivity index (χ2n) is 1.95. The maximum absolute atomic E-state index is 10.6. The molecular formula is C9H10O3. The van der Waals surface area contributed by atoms with Crippen LogP contribution in [0.25, 0.3) is 0 Å². The van der Waals surface area contributed by atoms with Crippen LogP contribution in [0.15, 0.2) is 0 Å². The van der Waals surface area contributed by atoms with Crippen LogP contribution in [-0.4, -0.2) is 23.8 Å². The van der Waals surface area contributed by atoms with Gasteiger partial charge in [0.05, 0.1) is 0 Å². The van der Waals surface area contributed by atoms with Crippen LogP contribution in [0.4, 0.5) is 0 Å². The van der Waals surface area contributed by atoms with Gasteiger partial charge in [-0.05, 0) is 13.8 Å². The lowest BCUT2D eigenvalue weighted by Crippen LogP contribution is -2.02. The number of carbonyl (C=O) groups excluding carboxylic acids is 1. The van der Waals surface area contributed by atoms with E-state index >= 15 is 0 Å². The number of rotatable bonds is 1. The normalized spacial score (nSPS) is 9.92. The molecule has 0 saturated heterocycles. The van der Waals surface area contributed by atoms with Gasteiger partial charge >= 0.3 is 5.97 Å². The van der Waals surface area contributed by atoms with Crippen LogP contribution < -0.4 is 0 Å². The molecule has 12 heavy (non-hydrogen) atoms. The van der Waals surface area contributed by atoms with Gasteiger partial charge < -0.3 is 9.84 Å². The number of aliphatic hydroxyl groups is 1. The smallest absolute Gasteiger partial charge is 0.385 e. The van der Waals surface area contributed by atoms with E-state index in [1.807, 2.05) is 0 Å². The summed E-state index contributed by atoms with van der Waals surface area (Å²) in [5, 5.41) is 8.68.